The molecule has 0 aliphatic carbocycles. The number of furan rings is 1. The average molecular weight is 321 g/mol. The van der Waals surface area contributed by atoms with Crippen LogP contribution >= 0.6 is 15.9 Å². The number of fused-ring (bicyclic) bond motifs is 1. The lowest BCUT2D eigenvalue weighted by Gasteiger charge is -1.92. The molecule has 0 bridgehead atoms. The molecular weight excluding hydrogens is 308 g/mol. The molecule has 0 atom stereocenters. The molecule has 0 aliphatic heterocycles. The fourth-order valence-corrected chi connectivity index (χ4v) is 2.28. The monoisotopic (exact) mass is 320 g/mol. The zero-order valence-corrected chi connectivity index (χ0v) is 12.0. The SMILES string of the molecule is CCNCc1cc(-c2cc3cc(Br)ccc3o2)on1. The number of aromatic nitrogens is 1. The Kier molecular flexibility index (Phi) is 3.40. The first kappa shape index (κ1) is 12.4. The summed E-state index contributed by atoms with van der Waals surface area (Å²) < 4.78 is 12.1. The van der Waals surface area contributed by atoms with Crippen molar-refractivity contribution in [3.8, 4) is 11.5 Å². The fourth-order valence-electron chi connectivity index (χ4n) is 1.90. The average Bonchev–Trinajstić information content (AvgIpc) is 3.01. The van der Waals surface area contributed by atoms with Gasteiger partial charge >= 0.3 is 0 Å². The van der Waals surface area contributed by atoms with Gasteiger partial charge in [0, 0.05) is 22.5 Å². The maximum atomic E-state index is 5.75. The molecule has 0 saturated carbocycles. The normalized spacial score (nSPS) is 11.3. The van der Waals surface area contributed by atoms with Crippen LogP contribution in [0, 0.1) is 0 Å². The van der Waals surface area contributed by atoms with Crippen molar-refractivity contribution in [2.45, 2.75) is 13.5 Å². The van der Waals surface area contributed by atoms with Gasteiger partial charge in [-0.15, -0.1) is 0 Å². The first-order valence-corrected chi connectivity index (χ1v) is 6.91. The molecule has 1 N–H and O–H groups in total. The second kappa shape index (κ2) is 5.19. The van der Waals surface area contributed by atoms with Crippen LogP contribution in [0.25, 0.3) is 22.5 Å². The van der Waals surface area contributed by atoms with Crippen LogP contribution in [0.5, 0.6) is 0 Å². The summed E-state index contributed by atoms with van der Waals surface area (Å²) in [6, 6.07) is 9.75. The van der Waals surface area contributed by atoms with Gasteiger partial charge in [0.2, 0.25) is 5.76 Å². The highest BCUT2D eigenvalue weighted by Gasteiger charge is 2.12. The molecule has 3 rings (SSSR count). The summed E-state index contributed by atoms with van der Waals surface area (Å²) in [6.07, 6.45) is 0. The lowest BCUT2D eigenvalue weighted by molar-refractivity contribution is 0.410. The number of nitrogens with one attached hydrogen (secondary N) is 1. The summed E-state index contributed by atoms with van der Waals surface area (Å²) in [5, 5.41) is 8.25. The van der Waals surface area contributed by atoms with E-state index in [0.29, 0.717) is 18.1 Å². The Morgan fingerprint density at radius 1 is 1.21 bits per heavy atom. The number of halogens is 1. The van der Waals surface area contributed by atoms with Crippen LogP contribution in [0.2, 0.25) is 0 Å². The highest BCUT2D eigenvalue weighted by atomic mass is 79.9. The molecule has 0 radical (unpaired) electrons. The van der Waals surface area contributed by atoms with Gasteiger partial charge in [0.15, 0.2) is 5.76 Å². The van der Waals surface area contributed by atoms with E-state index in [1.54, 1.807) is 0 Å². The largest absolute Gasteiger partial charge is 0.453 e. The lowest BCUT2D eigenvalue weighted by Crippen LogP contribution is -2.11. The minimum Gasteiger partial charge on any atom is -0.453 e. The Hall–Kier alpha value is -1.59. The Morgan fingerprint density at radius 3 is 2.95 bits per heavy atom. The molecule has 0 amide bonds. The van der Waals surface area contributed by atoms with Gasteiger partial charge in [-0.25, -0.2) is 0 Å². The van der Waals surface area contributed by atoms with Crippen LogP contribution in [-0.4, -0.2) is 11.7 Å². The molecule has 0 spiro atoms. The maximum Gasteiger partial charge on any atom is 0.202 e. The summed E-state index contributed by atoms with van der Waals surface area (Å²) in [5.74, 6) is 1.35. The predicted molar refractivity (Wildman–Crippen MR) is 76.8 cm³/mol. The first-order valence-electron chi connectivity index (χ1n) is 6.12. The topological polar surface area (TPSA) is 51.2 Å². The summed E-state index contributed by atoms with van der Waals surface area (Å²) in [7, 11) is 0. The molecule has 0 fully saturated rings. The van der Waals surface area contributed by atoms with E-state index in [1.165, 1.54) is 0 Å². The molecule has 2 heterocycles. The van der Waals surface area contributed by atoms with Gasteiger partial charge in [0.1, 0.15) is 5.58 Å². The lowest BCUT2D eigenvalue weighted by atomic mass is 10.2. The quantitative estimate of drug-likeness (QED) is 0.790. The third-order valence-electron chi connectivity index (χ3n) is 2.84. The van der Waals surface area contributed by atoms with E-state index in [-0.39, 0.29) is 0 Å². The Balaban J connectivity index is 1.92. The number of benzene rings is 1. The second-order valence-corrected chi connectivity index (χ2v) is 5.17. The van der Waals surface area contributed by atoms with Crippen molar-refractivity contribution in [1.82, 2.24) is 10.5 Å². The molecule has 0 unspecified atom stereocenters. The standard InChI is InChI=1S/C14H13BrN2O2/c1-2-16-8-11-7-14(19-17-11)13-6-9-5-10(15)3-4-12(9)18-13/h3-7,16H,2,8H2,1H3. The maximum absolute atomic E-state index is 5.75. The molecule has 19 heavy (non-hydrogen) atoms. The van der Waals surface area contributed by atoms with Crippen molar-refractivity contribution < 1.29 is 8.94 Å². The third kappa shape index (κ3) is 2.57. The molecule has 4 nitrogen and oxygen atoms in total. The van der Waals surface area contributed by atoms with Gasteiger partial charge in [-0.2, -0.15) is 0 Å². The van der Waals surface area contributed by atoms with Gasteiger partial charge in [-0.3, -0.25) is 0 Å². The highest BCUT2D eigenvalue weighted by Crippen LogP contribution is 2.29. The van der Waals surface area contributed by atoms with Gasteiger partial charge in [0.05, 0.1) is 5.69 Å². The zero-order valence-electron chi connectivity index (χ0n) is 10.4. The summed E-state index contributed by atoms with van der Waals surface area (Å²) in [5.41, 5.74) is 1.71. The van der Waals surface area contributed by atoms with E-state index in [2.05, 4.69) is 33.3 Å². The van der Waals surface area contributed by atoms with Crippen molar-refractivity contribution in [3.05, 3.63) is 40.5 Å². The van der Waals surface area contributed by atoms with E-state index in [4.69, 9.17) is 8.94 Å². The van der Waals surface area contributed by atoms with E-state index < -0.39 is 0 Å². The van der Waals surface area contributed by atoms with Crippen LogP contribution in [-0.2, 0) is 6.54 Å². The summed E-state index contributed by atoms with van der Waals surface area (Å²) >= 11 is 3.44. The van der Waals surface area contributed by atoms with Gasteiger partial charge in [0.25, 0.3) is 0 Å². The molecule has 5 heteroatoms. The van der Waals surface area contributed by atoms with E-state index in [0.717, 1.165) is 27.7 Å². The smallest absolute Gasteiger partial charge is 0.202 e. The Morgan fingerprint density at radius 2 is 2.11 bits per heavy atom. The number of rotatable bonds is 4. The minimum atomic E-state index is 0.653. The second-order valence-electron chi connectivity index (χ2n) is 4.26. The number of nitrogens with zero attached hydrogens (tertiary/aromatic N) is 1. The minimum absolute atomic E-state index is 0.653. The molecule has 0 saturated heterocycles. The highest BCUT2D eigenvalue weighted by molar-refractivity contribution is 9.10. The predicted octanol–water partition coefficient (Wildman–Crippen LogP) is 3.96. The number of hydrogen-bond donors (Lipinski definition) is 1. The van der Waals surface area contributed by atoms with Crippen molar-refractivity contribution in [1.29, 1.82) is 0 Å². The summed E-state index contributed by atoms with van der Waals surface area (Å²) in [4.78, 5) is 0. The third-order valence-corrected chi connectivity index (χ3v) is 3.33. The molecule has 1 aromatic carbocycles. The molecule has 3 aromatic rings. The molecule has 98 valence electrons. The zero-order chi connectivity index (χ0) is 13.2. The molecule has 0 aliphatic rings. The first-order chi connectivity index (χ1) is 9.26. The van der Waals surface area contributed by atoms with Crippen LogP contribution in [0.4, 0.5) is 0 Å². The van der Waals surface area contributed by atoms with Crippen molar-refractivity contribution >= 4 is 26.9 Å². The van der Waals surface area contributed by atoms with Crippen LogP contribution in [0.3, 0.4) is 0 Å². The van der Waals surface area contributed by atoms with Gasteiger partial charge in [-0.1, -0.05) is 28.0 Å². The van der Waals surface area contributed by atoms with Crippen LogP contribution in [0.15, 0.2) is 43.7 Å². The van der Waals surface area contributed by atoms with Gasteiger partial charge in [-0.05, 0) is 30.8 Å². The Bertz CT molecular complexity index is 702. The number of hydrogen-bond acceptors (Lipinski definition) is 4. The van der Waals surface area contributed by atoms with Crippen LogP contribution in [0.1, 0.15) is 12.6 Å². The van der Waals surface area contributed by atoms with Gasteiger partial charge < -0.3 is 14.3 Å². The summed E-state index contributed by atoms with van der Waals surface area (Å²) in [6.45, 7) is 3.66. The fraction of sp³-hybridized carbons (Fsp3) is 0.214. The molecular formula is C14H13BrN2O2. The van der Waals surface area contributed by atoms with E-state index >= 15 is 0 Å². The van der Waals surface area contributed by atoms with Crippen molar-refractivity contribution in [2.24, 2.45) is 0 Å². The molecule has 2 aromatic heterocycles. The van der Waals surface area contributed by atoms with E-state index in [9.17, 15) is 0 Å². The Labute approximate surface area is 118 Å². The van der Waals surface area contributed by atoms with Crippen molar-refractivity contribution in [3.63, 3.8) is 0 Å². The van der Waals surface area contributed by atoms with Crippen molar-refractivity contribution in [2.75, 3.05) is 6.54 Å². The van der Waals surface area contributed by atoms with Crippen LogP contribution < -0.4 is 5.32 Å². The van der Waals surface area contributed by atoms with E-state index in [1.807, 2.05) is 30.3 Å².